The SMILES string of the molecule is CC(=O)O[C@@H](CCl)c1cccc([N+](=O)[O-])c1. The van der Waals surface area contributed by atoms with Crippen LogP contribution in [0, 0.1) is 10.1 Å². The molecule has 5 nitrogen and oxygen atoms in total. The molecule has 0 fully saturated rings. The van der Waals surface area contributed by atoms with E-state index in [0.29, 0.717) is 5.56 Å². The van der Waals surface area contributed by atoms with Crippen LogP contribution in [0.4, 0.5) is 5.69 Å². The molecule has 0 heterocycles. The van der Waals surface area contributed by atoms with Gasteiger partial charge in [-0.25, -0.2) is 0 Å². The third-order valence-corrected chi connectivity index (χ3v) is 2.18. The highest BCUT2D eigenvalue weighted by Gasteiger charge is 2.16. The van der Waals surface area contributed by atoms with Crippen LogP contribution >= 0.6 is 11.6 Å². The molecule has 0 saturated carbocycles. The molecule has 0 N–H and O–H groups in total. The van der Waals surface area contributed by atoms with Crippen LogP contribution in [-0.4, -0.2) is 16.8 Å². The molecular formula is C10H10ClNO4. The number of carbonyl (C=O) groups excluding carboxylic acids is 1. The van der Waals surface area contributed by atoms with Crippen molar-refractivity contribution in [2.75, 3.05) is 5.88 Å². The average molecular weight is 244 g/mol. The predicted octanol–water partition coefficient (Wildman–Crippen LogP) is 2.44. The van der Waals surface area contributed by atoms with E-state index >= 15 is 0 Å². The number of hydrogen-bond donors (Lipinski definition) is 0. The van der Waals surface area contributed by atoms with Crippen LogP contribution < -0.4 is 0 Å². The number of halogens is 1. The number of nitrogens with zero attached hydrogens (tertiary/aromatic N) is 1. The Balaban J connectivity index is 2.96. The lowest BCUT2D eigenvalue weighted by Gasteiger charge is -2.13. The highest BCUT2D eigenvalue weighted by Crippen LogP contribution is 2.23. The Kier molecular flexibility index (Phi) is 4.25. The molecule has 0 spiro atoms. The second kappa shape index (κ2) is 5.46. The lowest BCUT2D eigenvalue weighted by molar-refractivity contribution is -0.385. The lowest BCUT2D eigenvalue weighted by Crippen LogP contribution is -2.10. The Bertz CT molecular complexity index is 408. The minimum absolute atomic E-state index is 0.0558. The highest BCUT2D eigenvalue weighted by molar-refractivity contribution is 6.18. The topological polar surface area (TPSA) is 69.4 Å². The summed E-state index contributed by atoms with van der Waals surface area (Å²) in [5.74, 6) is -0.419. The standard InChI is InChI=1S/C10H10ClNO4/c1-7(13)16-10(6-11)8-3-2-4-9(5-8)12(14)15/h2-5,10H,6H2,1H3/t10-/m0/s1. The third kappa shape index (κ3) is 3.20. The van der Waals surface area contributed by atoms with Crippen molar-refractivity contribution in [2.45, 2.75) is 13.0 Å². The number of non-ortho nitro benzene ring substituents is 1. The van der Waals surface area contributed by atoms with E-state index in [9.17, 15) is 14.9 Å². The first-order valence-corrected chi connectivity index (χ1v) is 5.05. The summed E-state index contributed by atoms with van der Waals surface area (Å²) in [4.78, 5) is 20.8. The molecule has 1 aromatic carbocycles. The molecule has 1 aromatic rings. The first-order chi connectivity index (χ1) is 7.54. The third-order valence-electron chi connectivity index (χ3n) is 1.90. The molecule has 0 aliphatic heterocycles. The molecular weight excluding hydrogens is 234 g/mol. The van der Waals surface area contributed by atoms with E-state index in [1.807, 2.05) is 0 Å². The fourth-order valence-electron chi connectivity index (χ4n) is 1.23. The zero-order chi connectivity index (χ0) is 12.1. The van der Waals surface area contributed by atoms with Crippen molar-refractivity contribution in [3.8, 4) is 0 Å². The Morgan fingerprint density at radius 1 is 1.62 bits per heavy atom. The predicted molar refractivity (Wildman–Crippen MR) is 58.3 cm³/mol. The maximum absolute atomic E-state index is 10.8. The van der Waals surface area contributed by atoms with E-state index in [1.165, 1.54) is 25.1 Å². The summed E-state index contributed by atoms with van der Waals surface area (Å²) in [7, 11) is 0. The van der Waals surface area contributed by atoms with Crippen LogP contribution in [-0.2, 0) is 9.53 Å². The van der Waals surface area contributed by atoms with Gasteiger partial charge in [-0.05, 0) is 0 Å². The monoisotopic (exact) mass is 243 g/mol. The van der Waals surface area contributed by atoms with Crippen LogP contribution in [0.15, 0.2) is 24.3 Å². The zero-order valence-electron chi connectivity index (χ0n) is 8.55. The molecule has 0 radical (unpaired) electrons. The number of esters is 1. The van der Waals surface area contributed by atoms with Crippen molar-refractivity contribution in [2.24, 2.45) is 0 Å². The second-order valence-corrected chi connectivity index (χ2v) is 3.41. The number of rotatable bonds is 4. The van der Waals surface area contributed by atoms with E-state index in [4.69, 9.17) is 16.3 Å². The molecule has 16 heavy (non-hydrogen) atoms. The van der Waals surface area contributed by atoms with Crippen LogP contribution in [0.1, 0.15) is 18.6 Å². The molecule has 0 unspecified atom stereocenters. The van der Waals surface area contributed by atoms with Crippen molar-refractivity contribution in [1.29, 1.82) is 0 Å². The fraction of sp³-hybridized carbons (Fsp3) is 0.300. The van der Waals surface area contributed by atoms with Gasteiger partial charge in [-0.2, -0.15) is 0 Å². The van der Waals surface area contributed by atoms with Crippen molar-refractivity contribution >= 4 is 23.3 Å². The van der Waals surface area contributed by atoms with E-state index in [0.717, 1.165) is 0 Å². The minimum atomic E-state index is -0.654. The molecule has 0 bridgehead atoms. The highest BCUT2D eigenvalue weighted by atomic mass is 35.5. The van der Waals surface area contributed by atoms with Crippen LogP contribution in [0.25, 0.3) is 0 Å². The summed E-state index contributed by atoms with van der Waals surface area (Å²) in [5, 5.41) is 10.6. The minimum Gasteiger partial charge on any atom is -0.456 e. The summed E-state index contributed by atoms with van der Waals surface area (Å²) < 4.78 is 4.93. The number of hydrogen-bond acceptors (Lipinski definition) is 4. The molecule has 0 aromatic heterocycles. The molecule has 0 saturated heterocycles. The summed E-state index contributed by atoms with van der Waals surface area (Å²) in [6, 6.07) is 5.86. The van der Waals surface area contributed by atoms with Crippen LogP contribution in [0.5, 0.6) is 0 Å². The Hall–Kier alpha value is -1.62. The maximum Gasteiger partial charge on any atom is 0.303 e. The van der Waals surface area contributed by atoms with Gasteiger partial charge in [0.2, 0.25) is 0 Å². The number of benzene rings is 1. The molecule has 0 aliphatic rings. The van der Waals surface area contributed by atoms with Gasteiger partial charge < -0.3 is 4.74 Å². The Labute approximate surface area is 97.1 Å². The molecule has 6 heteroatoms. The summed E-state index contributed by atoms with van der Waals surface area (Å²) in [6.07, 6.45) is -0.654. The number of nitro benzene ring substituents is 1. The summed E-state index contributed by atoms with van der Waals surface area (Å²) >= 11 is 5.63. The van der Waals surface area contributed by atoms with E-state index in [2.05, 4.69) is 0 Å². The smallest absolute Gasteiger partial charge is 0.303 e. The van der Waals surface area contributed by atoms with Gasteiger partial charge in [-0.15, -0.1) is 11.6 Å². The molecule has 1 atom stereocenters. The second-order valence-electron chi connectivity index (χ2n) is 3.10. The molecule has 86 valence electrons. The first kappa shape index (κ1) is 12.4. The van der Waals surface area contributed by atoms with Gasteiger partial charge in [0.1, 0.15) is 6.10 Å². The van der Waals surface area contributed by atoms with Gasteiger partial charge in [0.25, 0.3) is 5.69 Å². The maximum atomic E-state index is 10.8. The van der Waals surface area contributed by atoms with E-state index < -0.39 is 17.0 Å². The average Bonchev–Trinajstić information content (AvgIpc) is 2.25. The Morgan fingerprint density at radius 3 is 2.81 bits per heavy atom. The molecule has 1 rings (SSSR count). The van der Waals surface area contributed by atoms with Crippen molar-refractivity contribution in [3.05, 3.63) is 39.9 Å². The van der Waals surface area contributed by atoms with Crippen LogP contribution in [0.3, 0.4) is 0 Å². The summed E-state index contributed by atoms with van der Waals surface area (Å²) in [6.45, 7) is 1.26. The van der Waals surface area contributed by atoms with Gasteiger partial charge in [0, 0.05) is 24.6 Å². The lowest BCUT2D eigenvalue weighted by atomic mass is 10.1. The van der Waals surface area contributed by atoms with Gasteiger partial charge in [-0.1, -0.05) is 12.1 Å². The first-order valence-electron chi connectivity index (χ1n) is 4.52. The van der Waals surface area contributed by atoms with Crippen LogP contribution in [0.2, 0.25) is 0 Å². The van der Waals surface area contributed by atoms with Gasteiger partial charge >= 0.3 is 5.97 Å². The Morgan fingerprint density at radius 2 is 2.31 bits per heavy atom. The normalized spacial score (nSPS) is 11.9. The molecule has 0 aliphatic carbocycles. The van der Waals surface area contributed by atoms with Crippen molar-refractivity contribution in [1.82, 2.24) is 0 Å². The van der Waals surface area contributed by atoms with E-state index in [-0.39, 0.29) is 11.6 Å². The summed E-state index contributed by atoms with van der Waals surface area (Å²) in [5.41, 5.74) is 0.458. The van der Waals surface area contributed by atoms with Gasteiger partial charge in [-0.3, -0.25) is 14.9 Å². The van der Waals surface area contributed by atoms with Crippen molar-refractivity contribution in [3.63, 3.8) is 0 Å². The zero-order valence-corrected chi connectivity index (χ0v) is 9.31. The van der Waals surface area contributed by atoms with Gasteiger partial charge in [0.05, 0.1) is 10.8 Å². The number of carbonyl (C=O) groups is 1. The van der Waals surface area contributed by atoms with Crippen molar-refractivity contribution < 1.29 is 14.5 Å². The molecule has 0 amide bonds. The quantitative estimate of drug-likeness (QED) is 0.352. The number of alkyl halides is 1. The number of ether oxygens (including phenoxy) is 1. The van der Waals surface area contributed by atoms with E-state index in [1.54, 1.807) is 6.07 Å². The van der Waals surface area contributed by atoms with Gasteiger partial charge in [0.15, 0.2) is 0 Å². The largest absolute Gasteiger partial charge is 0.456 e. The number of nitro groups is 1. The fourth-order valence-corrected chi connectivity index (χ4v) is 1.47.